The van der Waals surface area contributed by atoms with Crippen LogP contribution in [0.5, 0.6) is 0 Å². The van der Waals surface area contributed by atoms with Gasteiger partial charge in [0, 0.05) is 5.69 Å². The van der Waals surface area contributed by atoms with Gasteiger partial charge in [-0.15, -0.1) is 0 Å². The average Bonchev–Trinajstić information content (AvgIpc) is 3.49. The summed E-state index contributed by atoms with van der Waals surface area (Å²) in [6, 6.07) is 6.24. The number of imide groups is 1. The lowest BCUT2D eigenvalue weighted by Gasteiger charge is -2.37. The minimum absolute atomic E-state index is 0.148. The fourth-order valence-electron chi connectivity index (χ4n) is 5.33. The minimum Gasteiger partial charge on any atom is -0.465 e. The molecule has 1 aromatic rings. The first-order chi connectivity index (χ1) is 13.5. The third kappa shape index (κ3) is 2.42. The van der Waals surface area contributed by atoms with Gasteiger partial charge in [0.25, 0.3) is 0 Å². The van der Waals surface area contributed by atoms with Gasteiger partial charge in [-0.2, -0.15) is 0 Å². The van der Waals surface area contributed by atoms with Gasteiger partial charge in [0.05, 0.1) is 24.5 Å². The van der Waals surface area contributed by atoms with Gasteiger partial charge in [0.2, 0.25) is 17.7 Å². The first kappa shape index (κ1) is 17.2. The van der Waals surface area contributed by atoms with Gasteiger partial charge in [-0.05, 0) is 54.4 Å². The van der Waals surface area contributed by atoms with Crippen LogP contribution in [0.25, 0.3) is 0 Å². The molecule has 0 unspecified atom stereocenters. The van der Waals surface area contributed by atoms with E-state index in [0.717, 1.165) is 11.3 Å². The van der Waals surface area contributed by atoms with E-state index in [4.69, 9.17) is 0 Å². The maximum Gasteiger partial charge on any atom is 0.337 e. The molecule has 1 N–H and O–H groups in total. The van der Waals surface area contributed by atoms with Crippen LogP contribution in [0.3, 0.4) is 0 Å². The summed E-state index contributed by atoms with van der Waals surface area (Å²) in [4.78, 5) is 50.8. The summed E-state index contributed by atoms with van der Waals surface area (Å²) >= 11 is 0. The van der Waals surface area contributed by atoms with Crippen LogP contribution in [0.4, 0.5) is 5.69 Å². The number of anilines is 1. The Balaban J connectivity index is 1.27. The molecule has 6 atom stereocenters. The number of nitrogens with zero attached hydrogens (tertiary/aromatic N) is 1. The first-order valence-electron chi connectivity index (χ1n) is 9.51. The molecule has 7 heteroatoms. The molecule has 0 aromatic heterocycles. The van der Waals surface area contributed by atoms with Crippen molar-refractivity contribution in [3.63, 3.8) is 0 Å². The van der Waals surface area contributed by atoms with Gasteiger partial charge in [-0.3, -0.25) is 19.3 Å². The monoisotopic (exact) mass is 380 g/mol. The third-order valence-corrected chi connectivity index (χ3v) is 6.65. The average molecular weight is 380 g/mol. The summed E-state index contributed by atoms with van der Waals surface area (Å²) in [5, 5.41) is 2.68. The molecule has 3 amide bonds. The topological polar surface area (TPSA) is 92.8 Å². The van der Waals surface area contributed by atoms with E-state index in [9.17, 15) is 19.2 Å². The van der Waals surface area contributed by atoms with Gasteiger partial charge in [0.15, 0.2) is 0 Å². The molecule has 5 aliphatic rings. The summed E-state index contributed by atoms with van der Waals surface area (Å²) in [6.07, 6.45) is 5.33. The highest BCUT2D eigenvalue weighted by molar-refractivity contribution is 6.09. The number of likely N-dealkylation sites (tertiary alicyclic amines) is 1. The SMILES string of the molecule is COC(=O)c1ccc(NC(=O)CN2C(=O)[C@@H]3[C@H]4C=C[C@@H]([C@@H]5C[C@@H]45)[C@@H]3C2=O)cc1. The Morgan fingerprint density at radius 2 is 1.61 bits per heavy atom. The predicted octanol–water partition coefficient (Wildman–Crippen LogP) is 1.46. The lowest BCUT2D eigenvalue weighted by molar-refractivity contribution is -0.142. The van der Waals surface area contributed by atoms with Crippen molar-refractivity contribution in [1.82, 2.24) is 4.90 Å². The Morgan fingerprint density at radius 1 is 1.04 bits per heavy atom. The fraction of sp³-hybridized carbons (Fsp3) is 0.429. The molecular weight excluding hydrogens is 360 g/mol. The zero-order chi connectivity index (χ0) is 19.6. The molecule has 1 aromatic carbocycles. The zero-order valence-corrected chi connectivity index (χ0v) is 15.3. The Bertz CT molecular complexity index is 885. The van der Waals surface area contributed by atoms with Crippen LogP contribution in [0.1, 0.15) is 16.8 Å². The Hall–Kier alpha value is -2.96. The lowest BCUT2D eigenvalue weighted by Crippen LogP contribution is -2.40. The maximum atomic E-state index is 12.9. The van der Waals surface area contributed by atoms with E-state index < -0.39 is 11.9 Å². The third-order valence-electron chi connectivity index (χ3n) is 6.65. The molecule has 7 nitrogen and oxygen atoms in total. The fourth-order valence-corrected chi connectivity index (χ4v) is 5.33. The summed E-state index contributed by atoms with van der Waals surface area (Å²) in [5.41, 5.74) is 0.855. The quantitative estimate of drug-likeness (QED) is 0.485. The molecule has 0 radical (unpaired) electrons. The molecule has 0 spiro atoms. The normalized spacial score (nSPS) is 34.1. The Morgan fingerprint density at radius 3 is 2.14 bits per heavy atom. The highest BCUT2D eigenvalue weighted by atomic mass is 16.5. The van der Waals surface area contributed by atoms with Gasteiger partial charge in [-0.25, -0.2) is 4.79 Å². The van der Waals surface area contributed by atoms with E-state index in [0.29, 0.717) is 23.1 Å². The highest BCUT2D eigenvalue weighted by Crippen LogP contribution is 2.65. The molecule has 1 heterocycles. The van der Waals surface area contributed by atoms with E-state index in [1.807, 2.05) is 0 Å². The minimum atomic E-state index is -0.463. The number of allylic oxidation sites excluding steroid dienone is 2. The van der Waals surface area contributed by atoms with Crippen LogP contribution in [0, 0.1) is 35.5 Å². The number of carbonyl (C=O) groups excluding carboxylic acids is 4. The number of benzene rings is 1. The smallest absolute Gasteiger partial charge is 0.337 e. The molecule has 1 aliphatic heterocycles. The van der Waals surface area contributed by atoms with Crippen LogP contribution < -0.4 is 5.32 Å². The second-order valence-corrected chi connectivity index (χ2v) is 8.03. The number of methoxy groups -OCH3 is 1. The zero-order valence-electron chi connectivity index (χ0n) is 15.3. The lowest BCUT2D eigenvalue weighted by atomic mass is 9.63. The van der Waals surface area contributed by atoms with Crippen molar-refractivity contribution < 1.29 is 23.9 Å². The van der Waals surface area contributed by atoms with E-state index in [1.165, 1.54) is 19.2 Å². The van der Waals surface area contributed by atoms with Crippen molar-refractivity contribution in [2.45, 2.75) is 6.42 Å². The Labute approximate surface area is 161 Å². The summed E-state index contributed by atoms with van der Waals surface area (Å²) in [5.74, 6) is -0.536. The van der Waals surface area contributed by atoms with Crippen LogP contribution in [0.2, 0.25) is 0 Å². The summed E-state index contributed by atoms with van der Waals surface area (Å²) in [7, 11) is 1.30. The molecular formula is C21H20N2O5. The second-order valence-electron chi connectivity index (χ2n) is 8.03. The van der Waals surface area contributed by atoms with Crippen molar-refractivity contribution in [2.24, 2.45) is 35.5 Å². The summed E-state index contributed by atoms with van der Waals surface area (Å²) in [6.45, 7) is -0.280. The molecule has 4 aliphatic carbocycles. The van der Waals surface area contributed by atoms with Gasteiger partial charge < -0.3 is 10.1 Å². The number of hydrogen-bond donors (Lipinski definition) is 1. The highest BCUT2D eigenvalue weighted by Gasteiger charge is 2.67. The molecule has 28 heavy (non-hydrogen) atoms. The van der Waals surface area contributed by atoms with E-state index in [2.05, 4.69) is 22.2 Å². The number of nitrogens with one attached hydrogen (secondary N) is 1. The number of ether oxygens (including phenoxy) is 1. The van der Waals surface area contributed by atoms with E-state index >= 15 is 0 Å². The molecule has 1 saturated heterocycles. The van der Waals surface area contributed by atoms with Gasteiger partial charge in [-0.1, -0.05) is 12.2 Å². The summed E-state index contributed by atoms with van der Waals surface area (Å²) < 4.78 is 4.64. The van der Waals surface area contributed by atoms with Crippen molar-refractivity contribution in [3.8, 4) is 0 Å². The molecule has 144 valence electrons. The number of esters is 1. The molecule has 2 saturated carbocycles. The first-order valence-corrected chi connectivity index (χ1v) is 9.51. The maximum absolute atomic E-state index is 12.9. The van der Waals surface area contributed by atoms with Crippen LogP contribution in [-0.2, 0) is 19.1 Å². The van der Waals surface area contributed by atoms with Crippen molar-refractivity contribution in [2.75, 3.05) is 19.0 Å². The van der Waals surface area contributed by atoms with Gasteiger partial charge in [0.1, 0.15) is 6.54 Å². The largest absolute Gasteiger partial charge is 0.465 e. The number of hydrogen-bond acceptors (Lipinski definition) is 5. The molecule has 2 bridgehead atoms. The number of carbonyl (C=O) groups is 4. The predicted molar refractivity (Wildman–Crippen MR) is 97.8 cm³/mol. The van der Waals surface area contributed by atoms with Gasteiger partial charge >= 0.3 is 5.97 Å². The van der Waals surface area contributed by atoms with E-state index in [-0.39, 0.29) is 42.0 Å². The van der Waals surface area contributed by atoms with Crippen LogP contribution in [0.15, 0.2) is 36.4 Å². The Kier molecular flexibility index (Phi) is 3.69. The number of amides is 3. The van der Waals surface area contributed by atoms with Crippen molar-refractivity contribution in [1.29, 1.82) is 0 Å². The van der Waals surface area contributed by atoms with Crippen LogP contribution in [-0.4, -0.2) is 42.2 Å². The molecule has 6 rings (SSSR count). The standard InChI is InChI=1S/C21H20N2O5/c1-28-21(27)10-2-4-11(5-3-10)22-16(24)9-23-19(25)17-12-6-7-13(15-8-14(12)15)18(17)20(23)26/h2-7,12-15,17-18H,8-9H2,1H3,(H,22,24)/t12-,13-,14-,15-,17-,18+/m0/s1. The van der Waals surface area contributed by atoms with Crippen molar-refractivity contribution in [3.05, 3.63) is 42.0 Å². The second kappa shape index (κ2) is 6.02. The van der Waals surface area contributed by atoms with Crippen LogP contribution >= 0.6 is 0 Å². The van der Waals surface area contributed by atoms with Crippen molar-refractivity contribution >= 4 is 29.4 Å². The van der Waals surface area contributed by atoms with E-state index in [1.54, 1.807) is 12.1 Å². The molecule has 3 fully saturated rings. The number of rotatable bonds is 4.